The zero-order valence-corrected chi connectivity index (χ0v) is 10.4. The number of carbonyl (C=O) groups excluding carboxylic acids is 1. The van der Waals surface area contributed by atoms with Gasteiger partial charge < -0.3 is 5.32 Å². The molecule has 0 fully saturated rings. The predicted octanol–water partition coefficient (Wildman–Crippen LogP) is 0.428. The molecule has 8 nitrogen and oxygen atoms in total. The van der Waals surface area contributed by atoms with E-state index >= 15 is 0 Å². The lowest BCUT2D eigenvalue weighted by Gasteiger charge is -2.08. The van der Waals surface area contributed by atoms with Crippen molar-refractivity contribution in [3.8, 4) is 0 Å². The van der Waals surface area contributed by atoms with Gasteiger partial charge in [-0.1, -0.05) is 5.10 Å². The van der Waals surface area contributed by atoms with Crippen LogP contribution < -0.4 is 10.6 Å². The molecule has 0 atom stereocenters. The van der Waals surface area contributed by atoms with Gasteiger partial charge in [-0.25, -0.2) is 9.37 Å². The monoisotopic (exact) mass is 265 g/mol. The third-order valence-electron chi connectivity index (χ3n) is 2.18. The predicted molar refractivity (Wildman–Crippen MR) is 65.1 cm³/mol. The van der Waals surface area contributed by atoms with Crippen LogP contribution in [0.15, 0.2) is 12.3 Å². The minimum Gasteiger partial charge on any atom is -0.370 e. The van der Waals surface area contributed by atoms with Crippen LogP contribution in [0.5, 0.6) is 0 Å². The van der Waals surface area contributed by atoms with Crippen LogP contribution in [0, 0.1) is 5.82 Å². The standard InChI is InChI=1S/C10H12FN7O/c1-3-12-8-7(4-6(11)5-13-8)9(19)14-10-15-17-18(2)16-10/h4-5H,3H2,1-2H3,(H,12,13)(H,14,16,19). The molecule has 0 spiro atoms. The number of amides is 1. The molecular weight excluding hydrogens is 253 g/mol. The number of nitrogens with zero attached hydrogens (tertiary/aromatic N) is 5. The van der Waals surface area contributed by atoms with E-state index in [0.29, 0.717) is 12.4 Å². The van der Waals surface area contributed by atoms with Crippen molar-refractivity contribution in [2.75, 3.05) is 17.2 Å². The summed E-state index contributed by atoms with van der Waals surface area (Å²) in [4.78, 5) is 17.0. The maximum absolute atomic E-state index is 13.2. The first kappa shape index (κ1) is 12.9. The molecule has 0 aliphatic carbocycles. The van der Waals surface area contributed by atoms with E-state index in [9.17, 15) is 9.18 Å². The van der Waals surface area contributed by atoms with Gasteiger partial charge in [0.1, 0.15) is 11.6 Å². The van der Waals surface area contributed by atoms with Crippen molar-refractivity contribution < 1.29 is 9.18 Å². The third-order valence-corrected chi connectivity index (χ3v) is 2.18. The lowest BCUT2D eigenvalue weighted by atomic mass is 10.2. The van der Waals surface area contributed by atoms with Crippen LogP contribution in [-0.4, -0.2) is 37.6 Å². The Hall–Kier alpha value is -2.58. The summed E-state index contributed by atoms with van der Waals surface area (Å²) < 4.78 is 13.2. The number of rotatable bonds is 4. The van der Waals surface area contributed by atoms with Gasteiger partial charge in [-0.05, 0) is 18.2 Å². The molecule has 100 valence electrons. The first-order chi connectivity index (χ1) is 9.10. The van der Waals surface area contributed by atoms with Gasteiger partial charge >= 0.3 is 0 Å². The summed E-state index contributed by atoms with van der Waals surface area (Å²) >= 11 is 0. The molecule has 2 N–H and O–H groups in total. The molecule has 0 saturated carbocycles. The highest BCUT2D eigenvalue weighted by molar-refractivity contribution is 6.06. The maximum atomic E-state index is 13.2. The number of halogens is 1. The molecule has 0 unspecified atom stereocenters. The van der Waals surface area contributed by atoms with Crippen molar-refractivity contribution in [1.82, 2.24) is 25.2 Å². The van der Waals surface area contributed by atoms with Gasteiger partial charge in [0.05, 0.1) is 18.8 Å². The van der Waals surface area contributed by atoms with Gasteiger partial charge in [-0.3, -0.25) is 10.1 Å². The molecule has 0 aliphatic rings. The molecule has 2 aromatic heterocycles. The Morgan fingerprint density at radius 2 is 2.32 bits per heavy atom. The highest BCUT2D eigenvalue weighted by atomic mass is 19.1. The van der Waals surface area contributed by atoms with Gasteiger partial charge in [0.15, 0.2) is 0 Å². The summed E-state index contributed by atoms with van der Waals surface area (Å²) in [5, 5.41) is 16.3. The van der Waals surface area contributed by atoms with Gasteiger partial charge in [-0.2, -0.15) is 4.80 Å². The minimum absolute atomic E-state index is 0.0409. The van der Waals surface area contributed by atoms with Crippen molar-refractivity contribution >= 4 is 17.7 Å². The molecule has 0 saturated heterocycles. The number of anilines is 2. The van der Waals surface area contributed by atoms with Crippen molar-refractivity contribution in [3.05, 3.63) is 23.6 Å². The number of aryl methyl sites for hydroxylation is 1. The van der Waals surface area contributed by atoms with E-state index in [1.165, 1.54) is 4.80 Å². The summed E-state index contributed by atoms with van der Waals surface area (Å²) in [6.45, 7) is 2.40. The second-order valence-corrected chi connectivity index (χ2v) is 3.64. The Bertz CT molecular complexity index is 597. The molecule has 2 aromatic rings. The van der Waals surface area contributed by atoms with Crippen LogP contribution in [0.25, 0.3) is 0 Å². The average Bonchev–Trinajstić information content (AvgIpc) is 2.77. The molecule has 2 rings (SSSR count). The number of aromatic nitrogens is 5. The number of carbonyl (C=O) groups is 1. The molecule has 0 radical (unpaired) electrons. The van der Waals surface area contributed by atoms with E-state index in [1.807, 2.05) is 6.92 Å². The van der Waals surface area contributed by atoms with Crippen LogP contribution >= 0.6 is 0 Å². The molecular formula is C10H12FN7O. The largest absolute Gasteiger partial charge is 0.370 e. The zero-order chi connectivity index (χ0) is 13.8. The van der Waals surface area contributed by atoms with Gasteiger partial charge in [-0.15, -0.1) is 5.10 Å². The Labute approximate surface area is 108 Å². The van der Waals surface area contributed by atoms with E-state index in [-0.39, 0.29) is 11.5 Å². The fourth-order valence-electron chi connectivity index (χ4n) is 1.42. The zero-order valence-electron chi connectivity index (χ0n) is 10.4. The van der Waals surface area contributed by atoms with E-state index in [0.717, 1.165) is 12.3 Å². The highest BCUT2D eigenvalue weighted by Gasteiger charge is 2.15. The van der Waals surface area contributed by atoms with Crippen molar-refractivity contribution in [2.24, 2.45) is 7.05 Å². The molecule has 0 aromatic carbocycles. The van der Waals surface area contributed by atoms with Crippen LogP contribution in [-0.2, 0) is 7.05 Å². The summed E-state index contributed by atoms with van der Waals surface area (Å²) in [6, 6.07) is 1.09. The summed E-state index contributed by atoms with van der Waals surface area (Å²) in [5.74, 6) is -0.820. The quantitative estimate of drug-likeness (QED) is 0.831. The Morgan fingerprint density at radius 1 is 1.53 bits per heavy atom. The van der Waals surface area contributed by atoms with Crippen molar-refractivity contribution in [1.29, 1.82) is 0 Å². The van der Waals surface area contributed by atoms with Crippen molar-refractivity contribution in [2.45, 2.75) is 6.92 Å². The summed E-state index contributed by atoms with van der Waals surface area (Å²) in [6.07, 6.45) is 1.04. The third kappa shape index (κ3) is 3.00. The first-order valence-corrected chi connectivity index (χ1v) is 5.55. The van der Waals surface area contributed by atoms with Crippen LogP contribution in [0.3, 0.4) is 0 Å². The highest BCUT2D eigenvalue weighted by Crippen LogP contribution is 2.14. The van der Waals surface area contributed by atoms with Gasteiger partial charge in [0.2, 0.25) is 0 Å². The van der Waals surface area contributed by atoms with Crippen molar-refractivity contribution in [3.63, 3.8) is 0 Å². The van der Waals surface area contributed by atoms with E-state index in [2.05, 4.69) is 31.0 Å². The number of nitrogens with one attached hydrogen (secondary N) is 2. The summed E-state index contributed by atoms with van der Waals surface area (Å²) in [5.41, 5.74) is 0.0781. The van der Waals surface area contributed by atoms with E-state index in [4.69, 9.17) is 0 Å². The van der Waals surface area contributed by atoms with Gasteiger partial charge in [0.25, 0.3) is 11.9 Å². The Kier molecular flexibility index (Phi) is 3.64. The Balaban J connectivity index is 2.24. The second kappa shape index (κ2) is 5.38. The lowest BCUT2D eigenvalue weighted by molar-refractivity contribution is 0.102. The smallest absolute Gasteiger partial charge is 0.270 e. The normalized spacial score (nSPS) is 10.3. The number of pyridine rings is 1. The van der Waals surface area contributed by atoms with Crippen LogP contribution in [0.1, 0.15) is 17.3 Å². The SMILES string of the molecule is CCNc1ncc(F)cc1C(=O)Nc1nnn(C)n1. The number of tetrazole rings is 1. The topological polar surface area (TPSA) is 97.6 Å². The molecule has 2 heterocycles. The fourth-order valence-corrected chi connectivity index (χ4v) is 1.42. The number of hydrogen-bond donors (Lipinski definition) is 2. The molecule has 0 bridgehead atoms. The van der Waals surface area contributed by atoms with E-state index < -0.39 is 11.7 Å². The molecule has 19 heavy (non-hydrogen) atoms. The Morgan fingerprint density at radius 3 is 2.95 bits per heavy atom. The minimum atomic E-state index is -0.598. The number of hydrogen-bond acceptors (Lipinski definition) is 6. The summed E-state index contributed by atoms with van der Waals surface area (Å²) in [7, 11) is 1.57. The first-order valence-electron chi connectivity index (χ1n) is 5.55. The fraction of sp³-hybridized carbons (Fsp3) is 0.300. The second-order valence-electron chi connectivity index (χ2n) is 3.64. The van der Waals surface area contributed by atoms with Gasteiger partial charge in [0, 0.05) is 6.54 Å². The maximum Gasteiger partial charge on any atom is 0.270 e. The average molecular weight is 265 g/mol. The van der Waals surface area contributed by atoms with E-state index in [1.54, 1.807) is 7.05 Å². The molecule has 9 heteroatoms. The van der Waals surface area contributed by atoms with Crippen LogP contribution in [0.4, 0.5) is 16.2 Å². The van der Waals surface area contributed by atoms with Crippen LogP contribution in [0.2, 0.25) is 0 Å². The molecule has 1 amide bonds. The molecule has 0 aliphatic heterocycles. The lowest BCUT2D eigenvalue weighted by Crippen LogP contribution is -2.17.